The molecular weight excluding hydrogens is 281 g/mol. The Morgan fingerprint density at radius 1 is 1.30 bits per heavy atom. The zero-order valence-electron chi connectivity index (χ0n) is 11.3. The Balaban J connectivity index is 2.45. The highest BCUT2D eigenvalue weighted by molar-refractivity contribution is 6.31. The summed E-state index contributed by atoms with van der Waals surface area (Å²) in [5.41, 5.74) is 1.40. The van der Waals surface area contributed by atoms with E-state index in [0.717, 1.165) is 12.1 Å². The highest BCUT2D eigenvalue weighted by Crippen LogP contribution is 2.25. The van der Waals surface area contributed by atoms with Gasteiger partial charge in [-0.25, -0.2) is 14.4 Å². The van der Waals surface area contributed by atoms with Crippen LogP contribution in [0.5, 0.6) is 0 Å². The Hall–Kier alpha value is -1.72. The van der Waals surface area contributed by atoms with Gasteiger partial charge in [0.15, 0.2) is 5.82 Å². The van der Waals surface area contributed by atoms with Crippen molar-refractivity contribution in [3.63, 3.8) is 0 Å². The fourth-order valence-electron chi connectivity index (χ4n) is 1.77. The molecule has 0 saturated carbocycles. The number of aromatic nitrogens is 2. The molecule has 0 amide bonds. The molecular formula is C14H15ClFN3O. The molecule has 20 heavy (non-hydrogen) atoms. The number of rotatable bonds is 5. The number of hydrogen-bond donors (Lipinski definition) is 1. The van der Waals surface area contributed by atoms with Crippen molar-refractivity contribution >= 4 is 17.4 Å². The molecule has 0 fully saturated rings. The lowest BCUT2D eigenvalue weighted by Crippen LogP contribution is -2.05. The number of halogens is 2. The average Bonchev–Trinajstić information content (AvgIpc) is 2.42. The average molecular weight is 296 g/mol. The monoisotopic (exact) mass is 295 g/mol. The zero-order chi connectivity index (χ0) is 14.5. The van der Waals surface area contributed by atoms with E-state index in [0.29, 0.717) is 23.9 Å². The predicted octanol–water partition coefficient (Wildman–Crippen LogP) is 3.51. The molecule has 6 heteroatoms. The molecule has 2 rings (SSSR count). The van der Waals surface area contributed by atoms with E-state index in [9.17, 15) is 4.39 Å². The van der Waals surface area contributed by atoms with Crippen molar-refractivity contribution < 1.29 is 9.13 Å². The first kappa shape index (κ1) is 14.7. The summed E-state index contributed by atoms with van der Waals surface area (Å²) < 4.78 is 18.3. The van der Waals surface area contributed by atoms with Gasteiger partial charge in [0.2, 0.25) is 0 Å². The van der Waals surface area contributed by atoms with Gasteiger partial charge in [0.1, 0.15) is 18.2 Å². The molecule has 0 aliphatic heterocycles. The first-order valence-electron chi connectivity index (χ1n) is 6.20. The maximum absolute atomic E-state index is 13.2. The number of benzene rings is 1. The summed E-state index contributed by atoms with van der Waals surface area (Å²) in [5, 5.41) is 3.20. The second-order valence-electron chi connectivity index (χ2n) is 4.15. The third-order valence-corrected chi connectivity index (χ3v) is 2.91. The number of methoxy groups -OCH3 is 1. The van der Waals surface area contributed by atoms with Crippen molar-refractivity contribution in [2.24, 2.45) is 0 Å². The van der Waals surface area contributed by atoms with Crippen LogP contribution in [0, 0.1) is 5.82 Å². The third kappa shape index (κ3) is 3.43. The van der Waals surface area contributed by atoms with E-state index >= 15 is 0 Å². The number of hydrogen-bond acceptors (Lipinski definition) is 4. The van der Waals surface area contributed by atoms with Crippen LogP contribution in [0.4, 0.5) is 10.2 Å². The minimum Gasteiger partial charge on any atom is -0.377 e. The van der Waals surface area contributed by atoms with Crippen LogP contribution >= 0.6 is 11.6 Å². The highest BCUT2D eigenvalue weighted by Gasteiger charge is 2.08. The number of anilines is 1. The van der Waals surface area contributed by atoms with Gasteiger partial charge in [0, 0.05) is 25.3 Å². The normalized spacial score (nSPS) is 10.6. The van der Waals surface area contributed by atoms with Crippen molar-refractivity contribution in [3.8, 4) is 11.3 Å². The second-order valence-corrected chi connectivity index (χ2v) is 4.55. The first-order valence-corrected chi connectivity index (χ1v) is 6.58. The molecule has 0 aliphatic carbocycles. The minimum atomic E-state index is -0.450. The van der Waals surface area contributed by atoms with Crippen molar-refractivity contribution in [2.45, 2.75) is 13.5 Å². The van der Waals surface area contributed by atoms with Crippen LogP contribution < -0.4 is 5.32 Å². The standard InChI is InChI=1S/C14H15ClFN3O/c1-3-17-13-7-12(18-14(19-13)8-20-2)9-4-5-11(16)10(15)6-9/h4-7H,3,8H2,1-2H3,(H,17,18,19). The molecule has 2 aromatic rings. The minimum absolute atomic E-state index is 0.0689. The molecule has 0 atom stereocenters. The maximum atomic E-state index is 13.2. The summed E-state index contributed by atoms with van der Waals surface area (Å²) in [6, 6.07) is 6.30. The summed E-state index contributed by atoms with van der Waals surface area (Å²) in [5.74, 6) is 0.805. The smallest absolute Gasteiger partial charge is 0.157 e. The van der Waals surface area contributed by atoms with Gasteiger partial charge in [-0.2, -0.15) is 0 Å². The first-order chi connectivity index (χ1) is 9.63. The maximum Gasteiger partial charge on any atom is 0.157 e. The lowest BCUT2D eigenvalue weighted by Gasteiger charge is -2.09. The molecule has 1 N–H and O–H groups in total. The molecule has 0 saturated heterocycles. The van der Waals surface area contributed by atoms with Crippen molar-refractivity contribution in [3.05, 3.63) is 40.9 Å². The zero-order valence-corrected chi connectivity index (χ0v) is 12.0. The van der Waals surface area contributed by atoms with Gasteiger partial charge < -0.3 is 10.1 Å². The number of nitrogens with zero attached hydrogens (tertiary/aromatic N) is 2. The molecule has 0 bridgehead atoms. The summed E-state index contributed by atoms with van der Waals surface area (Å²) in [7, 11) is 1.58. The molecule has 0 radical (unpaired) electrons. The van der Waals surface area contributed by atoms with E-state index in [1.54, 1.807) is 25.3 Å². The van der Waals surface area contributed by atoms with E-state index < -0.39 is 5.82 Å². The number of nitrogens with one attached hydrogen (secondary N) is 1. The lowest BCUT2D eigenvalue weighted by molar-refractivity contribution is 0.178. The summed E-state index contributed by atoms with van der Waals surface area (Å²) in [4.78, 5) is 8.71. The quantitative estimate of drug-likeness (QED) is 0.917. The largest absolute Gasteiger partial charge is 0.377 e. The molecule has 106 valence electrons. The highest BCUT2D eigenvalue weighted by atomic mass is 35.5. The van der Waals surface area contributed by atoms with Gasteiger partial charge in [-0.1, -0.05) is 11.6 Å². The fraction of sp³-hybridized carbons (Fsp3) is 0.286. The van der Waals surface area contributed by atoms with E-state index in [-0.39, 0.29) is 5.02 Å². The molecule has 0 unspecified atom stereocenters. The fourth-order valence-corrected chi connectivity index (χ4v) is 1.95. The Morgan fingerprint density at radius 3 is 2.75 bits per heavy atom. The van der Waals surface area contributed by atoms with Crippen LogP contribution in [0.15, 0.2) is 24.3 Å². The Bertz CT molecular complexity index is 583. The van der Waals surface area contributed by atoms with Crippen molar-refractivity contribution in [1.82, 2.24) is 9.97 Å². The Kier molecular flexibility index (Phi) is 4.87. The van der Waals surface area contributed by atoms with E-state index in [1.807, 2.05) is 6.92 Å². The second kappa shape index (κ2) is 6.63. The van der Waals surface area contributed by atoms with E-state index in [2.05, 4.69) is 15.3 Å². The van der Waals surface area contributed by atoms with Crippen LogP contribution in [-0.2, 0) is 11.3 Å². The van der Waals surface area contributed by atoms with Crippen LogP contribution in [0.2, 0.25) is 5.02 Å². The van der Waals surface area contributed by atoms with Gasteiger partial charge in [-0.05, 0) is 25.1 Å². The van der Waals surface area contributed by atoms with Crippen molar-refractivity contribution in [1.29, 1.82) is 0 Å². The Labute approximate surface area is 122 Å². The molecule has 1 aromatic heterocycles. The van der Waals surface area contributed by atoms with Crippen LogP contribution in [0.25, 0.3) is 11.3 Å². The van der Waals surface area contributed by atoms with Crippen LogP contribution in [0.1, 0.15) is 12.7 Å². The van der Waals surface area contributed by atoms with Gasteiger partial charge >= 0.3 is 0 Å². The molecule has 0 aliphatic rings. The summed E-state index contributed by atoms with van der Waals surface area (Å²) in [6.07, 6.45) is 0. The van der Waals surface area contributed by atoms with Crippen molar-refractivity contribution in [2.75, 3.05) is 19.0 Å². The lowest BCUT2D eigenvalue weighted by atomic mass is 10.1. The van der Waals surface area contributed by atoms with E-state index in [4.69, 9.17) is 16.3 Å². The molecule has 4 nitrogen and oxygen atoms in total. The summed E-state index contributed by atoms with van der Waals surface area (Å²) >= 11 is 5.81. The van der Waals surface area contributed by atoms with Gasteiger partial charge in [-0.15, -0.1) is 0 Å². The van der Waals surface area contributed by atoms with Crippen LogP contribution in [0.3, 0.4) is 0 Å². The summed E-state index contributed by atoms with van der Waals surface area (Å²) in [6.45, 7) is 3.03. The third-order valence-electron chi connectivity index (χ3n) is 2.62. The molecule has 0 spiro atoms. The van der Waals surface area contributed by atoms with Gasteiger partial charge in [0.05, 0.1) is 10.7 Å². The van der Waals surface area contributed by atoms with Gasteiger partial charge in [0.25, 0.3) is 0 Å². The molecule has 1 heterocycles. The number of ether oxygens (including phenoxy) is 1. The topological polar surface area (TPSA) is 47.0 Å². The van der Waals surface area contributed by atoms with Crippen LogP contribution in [-0.4, -0.2) is 23.6 Å². The van der Waals surface area contributed by atoms with Gasteiger partial charge in [-0.3, -0.25) is 0 Å². The Morgan fingerprint density at radius 2 is 2.10 bits per heavy atom. The van der Waals surface area contributed by atoms with E-state index in [1.165, 1.54) is 6.07 Å². The molecule has 1 aromatic carbocycles. The predicted molar refractivity (Wildman–Crippen MR) is 77.3 cm³/mol. The SMILES string of the molecule is CCNc1cc(-c2ccc(F)c(Cl)c2)nc(COC)n1.